The van der Waals surface area contributed by atoms with Gasteiger partial charge < -0.3 is 34.2 Å². The monoisotopic (exact) mass is 610 g/mol. The van der Waals surface area contributed by atoms with Crippen LogP contribution >= 0.6 is 0 Å². The second kappa shape index (κ2) is 12.4. The van der Waals surface area contributed by atoms with Gasteiger partial charge in [-0.25, -0.2) is 0 Å². The number of nitrogens with one attached hydrogen (secondary N) is 1. The third kappa shape index (κ3) is 5.91. The number of allylic oxidation sites excluding steroid dienone is 1. The maximum Gasteiger partial charge on any atom is 0.242 e. The summed E-state index contributed by atoms with van der Waals surface area (Å²) in [6.45, 7) is 7.10. The summed E-state index contributed by atoms with van der Waals surface area (Å²) in [6, 6.07) is 21.5. The molecular formula is C36H42N4O5. The molecule has 3 aliphatic rings. The molecule has 1 unspecified atom stereocenters. The van der Waals surface area contributed by atoms with Gasteiger partial charge in [0.2, 0.25) is 11.7 Å². The molecule has 0 spiro atoms. The van der Waals surface area contributed by atoms with Crippen LogP contribution < -0.4 is 29.3 Å². The fourth-order valence-electron chi connectivity index (χ4n) is 6.93. The standard InChI is InChI=1S/C36H42N4O5/c1-36(2)21-27-33(29(41)22-36)34(24-19-30(43-3)35(45-5)31(20-24)44-4)40(28-14-10-9-13-26(28)37-27)23-32(42)39-17-15-38(16-18-39)25-11-7-6-8-12-25/h6-14,19-20,34,37H,15-18,21-23H2,1-5H3. The SMILES string of the molecule is COc1cc(C2C3=C(CC(C)(C)CC3=O)Nc3ccccc3N2CC(=O)N2CCN(c3ccccc3)CC2)cc(OC)c1OC. The van der Waals surface area contributed by atoms with Crippen LogP contribution in [0.5, 0.6) is 17.2 Å². The van der Waals surface area contributed by atoms with Crippen molar-refractivity contribution in [3.63, 3.8) is 0 Å². The predicted octanol–water partition coefficient (Wildman–Crippen LogP) is 5.68. The molecule has 1 aliphatic carbocycles. The van der Waals surface area contributed by atoms with E-state index < -0.39 is 6.04 Å². The molecule has 2 heterocycles. The Kier molecular flexibility index (Phi) is 8.36. The van der Waals surface area contributed by atoms with Gasteiger partial charge in [0.05, 0.1) is 45.3 Å². The van der Waals surface area contributed by atoms with E-state index in [4.69, 9.17) is 14.2 Å². The lowest BCUT2D eigenvalue weighted by Crippen LogP contribution is -2.52. The highest BCUT2D eigenvalue weighted by Gasteiger charge is 2.43. The van der Waals surface area contributed by atoms with Crippen molar-refractivity contribution in [2.75, 3.05) is 69.2 Å². The number of anilines is 3. The van der Waals surface area contributed by atoms with Crippen LogP contribution in [-0.4, -0.2) is 70.6 Å². The van der Waals surface area contributed by atoms with Gasteiger partial charge in [0.15, 0.2) is 17.3 Å². The van der Waals surface area contributed by atoms with Gasteiger partial charge in [0.25, 0.3) is 0 Å². The Hall–Kier alpha value is -4.66. The van der Waals surface area contributed by atoms with Gasteiger partial charge in [-0.15, -0.1) is 0 Å². The van der Waals surface area contributed by atoms with E-state index in [-0.39, 0.29) is 23.7 Å². The minimum Gasteiger partial charge on any atom is -0.493 e. The van der Waals surface area contributed by atoms with Gasteiger partial charge in [0.1, 0.15) is 0 Å². The first-order valence-corrected chi connectivity index (χ1v) is 15.5. The third-order valence-corrected chi connectivity index (χ3v) is 9.07. The van der Waals surface area contributed by atoms with Gasteiger partial charge in [-0.2, -0.15) is 0 Å². The number of ketones is 1. The summed E-state index contributed by atoms with van der Waals surface area (Å²) in [4.78, 5) is 34.7. The molecule has 9 nitrogen and oxygen atoms in total. The fraction of sp³-hybridized carbons (Fsp3) is 0.389. The molecule has 1 amide bonds. The van der Waals surface area contributed by atoms with Gasteiger partial charge in [0, 0.05) is 49.6 Å². The Morgan fingerprint density at radius 3 is 2.16 bits per heavy atom. The van der Waals surface area contributed by atoms with Gasteiger partial charge in [-0.3, -0.25) is 9.59 Å². The van der Waals surface area contributed by atoms with E-state index in [1.807, 2.05) is 59.5 Å². The Morgan fingerprint density at radius 1 is 0.867 bits per heavy atom. The van der Waals surface area contributed by atoms with Crippen molar-refractivity contribution >= 4 is 28.8 Å². The van der Waals surface area contributed by atoms with Crippen LogP contribution in [0.3, 0.4) is 0 Å². The zero-order valence-corrected chi connectivity index (χ0v) is 26.8. The lowest BCUT2D eigenvalue weighted by Gasteiger charge is -2.40. The molecule has 1 N–H and O–H groups in total. The number of hydrogen-bond acceptors (Lipinski definition) is 8. The van der Waals surface area contributed by atoms with Crippen LogP contribution in [0.1, 0.15) is 38.3 Å². The van der Waals surface area contributed by atoms with Gasteiger partial charge >= 0.3 is 0 Å². The summed E-state index contributed by atoms with van der Waals surface area (Å²) in [6.07, 6.45) is 1.11. The number of carbonyl (C=O) groups excluding carboxylic acids is 2. The van der Waals surface area contributed by atoms with E-state index in [2.05, 4.69) is 41.1 Å². The molecule has 1 fully saturated rings. The van der Waals surface area contributed by atoms with E-state index in [9.17, 15) is 9.59 Å². The minimum absolute atomic E-state index is 0.0163. The van der Waals surface area contributed by atoms with Gasteiger partial charge in [-0.05, 0) is 53.8 Å². The number of fused-ring (bicyclic) bond motifs is 1. The number of hydrogen-bond donors (Lipinski definition) is 1. The molecule has 0 saturated carbocycles. The van der Waals surface area contributed by atoms with Crippen molar-refractivity contribution in [3.8, 4) is 17.2 Å². The highest BCUT2D eigenvalue weighted by molar-refractivity contribution is 6.02. The summed E-state index contributed by atoms with van der Waals surface area (Å²) in [5, 5.41) is 3.63. The number of carbonyl (C=O) groups is 2. The average molecular weight is 611 g/mol. The van der Waals surface area contributed by atoms with Crippen molar-refractivity contribution in [1.82, 2.24) is 4.90 Å². The lowest BCUT2D eigenvalue weighted by molar-refractivity contribution is -0.130. The number of amides is 1. The highest BCUT2D eigenvalue weighted by Crippen LogP contribution is 2.50. The number of ether oxygens (including phenoxy) is 3. The Balaban J connectivity index is 1.43. The first kappa shape index (κ1) is 30.4. The summed E-state index contributed by atoms with van der Waals surface area (Å²) >= 11 is 0. The maximum atomic E-state index is 14.2. The van der Waals surface area contributed by atoms with Crippen LogP contribution in [0, 0.1) is 5.41 Å². The van der Waals surface area contributed by atoms with Crippen molar-refractivity contribution < 1.29 is 23.8 Å². The summed E-state index contributed by atoms with van der Waals surface area (Å²) < 4.78 is 17.1. The highest BCUT2D eigenvalue weighted by atomic mass is 16.5. The average Bonchev–Trinajstić information content (AvgIpc) is 3.18. The number of para-hydroxylation sites is 3. The summed E-state index contributed by atoms with van der Waals surface area (Å²) in [7, 11) is 4.74. The Morgan fingerprint density at radius 2 is 1.51 bits per heavy atom. The van der Waals surface area contributed by atoms with Crippen molar-refractivity contribution in [2.24, 2.45) is 5.41 Å². The van der Waals surface area contributed by atoms with E-state index in [0.29, 0.717) is 48.8 Å². The quantitative estimate of drug-likeness (QED) is 0.366. The molecule has 45 heavy (non-hydrogen) atoms. The smallest absolute Gasteiger partial charge is 0.242 e. The maximum absolute atomic E-state index is 14.2. The number of nitrogens with zero attached hydrogens (tertiary/aromatic N) is 3. The van der Waals surface area contributed by atoms with Crippen molar-refractivity contribution in [1.29, 1.82) is 0 Å². The molecule has 3 aromatic carbocycles. The van der Waals surface area contributed by atoms with E-state index in [1.165, 1.54) is 0 Å². The largest absolute Gasteiger partial charge is 0.493 e. The molecule has 9 heteroatoms. The number of piperazine rings is 1. The first-order chi connectivity index (χ1) is 21.7. The summed E-state index contributed by atoms with van der Waals surface area (Å²) in [5.74, 6) is 1.54. The molecule has 2 aliphatic heterocycles. The predicted molar refractivity (Wildman–Crippen MR) is 177 cm³/mol. The normalized spacial score (nSPS) is 19.3. The van der Waals surface area contributed by atoms with Crippen molar-refractivity contribution in [3.05, 3.63) is 83.6 Å². The zero-order chi connectivity index (χ0) is 31.7. The molecular weight excluding hydrogens is 568 g/mol. The molecule has 0 radical (unpaired) electrons. The van der Waals surface area contributed by atoms with Crippen LogP contribution in [-0.2, 0) is 9.59 Å². The Bertz CT molecular complexity index is 1590. The topological polar surface area (TPSA) is 83.6 Å². The lowest BCUT2D eigenvalue weighted by atomic mass is 9.73. The Labute approximate surface area is 265 Å². The van der Waals surface area contributed by atoms with Crippen LogP contribution in [0.25, 0.3) is 0 Å². The zero-order valence-electron chi connectivity index (χ0n) is 26.8. The number of benzene rings is 3. The fourth-order valence-corrected chi connectivity index (χ4v) is 6.93. The third-order valence-electron chi connectivity index (χ3n) is 9.07. The molecule has 3 aromatic rings. The number of methoxy groups -OCH3 is 3. The molecule has 236 valence electrons. The molecule has 1 atom stereocenters. The van der Waals surface area contributed by atoms with E-state index in [0.717, 1.165) is 41.4 Å². The van der Waals surface area contributed by atoms with Gasteiger partial charge in [-0.1, -0.05) is 44.2 Å². The van der Waals surface area contributed by atoms with Crippen LogP contribution in [0.4, 0.5) is 17.1 Å². The summed E-state index contributed by atoms with van der Waals surface area (Å²) in [5.41, 5.74) is 5.01. The molecule has 6 rings (SSSR count). The van der Waals surface area contributed by atoms with E-state index >= 15 is 0 Å². The second-order valence-electron chi connectivity index (χ2n) is 12.7. The van der Waals surface area contributed by atoms with Crippen LogP contribution in [0.15, 0.2) is 78.0 Å². The minimum atomic E-state index is -0.567. The van der Waals surface area contributed by atoms with E-state index in [1.54, 1.807) is 21.3 Å². The molecule has 1 saturated heterocycles. The van der Waals surface area contributed by atoms with Crippen molar-refractivity contribution in [2.45, 2.75) is 32.7 Å². The number of Topliss-reactive ketones (excluding diaryl/α,β-unsaturated/α-hetero) is 1. The second-order valence-corrected chi connectivity index (χ2v) is 12.7. The molecule has 0 bridgehead atoms. The molecule has 0 aromatic heterocycles. The van der Waals surface area contributed by atoms with Crippen LogP contribution in [0.2, 0.25) is 0 Å². The number of rotatable bonds is 7. The first-order valence-electron chi connectivity index (χ1n) is 15.5.